The summed E-state index contributed by atoms with van der Waals surface area (Å²) in [6, 6.07) is 0. The van der Waals surface area contributed by atoms with Gasteiger partial charge in [-0.05, 0) is 12.8 Å². The molecular formula is C14H23NO3S2. The molecule has 0 aromatic rings. The molecule has 20 heavy (non-hydrogen) atoms. The smallest absolute Gasteiger partial charge is 0.246 e. The summed E-state index contributed by atoms with van der Waals surface area (Å²) in [5.74, 6) is 5.60. The van der Waals surface area contributed by atoms with Crippen molar-refractivity contribution in [2.45, 2.75) is 43.8 Å². The molecule has 0 aliphatic carbocycles. The van der Waals surface area contributed by atoms with Gasteiger partial charge in [-0.25, -0.2) is 0 Å². The molecule has 2 atom stereocenters. The summed E-state index contributed by atoms with van der Waals surface area (Å²) < 4.78 is 11.0. The maximum absolute atomic E-state index is 11.4. The van der Waals surface area contributed by atoms with Crippen LogP contribution < -0.4 is 5.32 Å². The van der Waals surface area contributed by atoms with Crippen LogP contribution in [0.2, 0.25) is 0 Å². The number of hydrogen-bond acceptors (Lipinski definition) is 5. The average molecular weight is 317 g/mol. The number of amides is 1. The lowest BCUT2D eigenvalue weighted by Crippen LogP contribution is -2.28. The average Bonchev–Trinajstić information content (AvgIpc) is 2.45. The molecule has 1 aliphatic rings. The summed E-state index contributed by atoms with van der Waals surface area (Å²) in [6.07, 6.45) is 3.10. The molecule has 1 aliphatic heterocycles. The van der Waals surface area contributed by atoms with Crippen LogP contribution in [-0.2, 0) is 14.3 Å². The molecule has 1 rings (SSSR count). The molecular weight excluding hydrogens is 294 g/mol. The highest BCUT2D eigenvalue weighted by atomic mass is 33.1. The Bertz CT molecular complexity index is 333. The van der Waals surface area contributed by atoms with E-state index < -0.39 is 0 Å². The molecule has 6 heteroatoms. The number of carbonyl (C=O) groups excluding carboxylic acids is 1. The molecule has 0 saturated carbocycles. The van der Waals surface area contributed by atoms with Crippen molar-refractivity contribution >= 4 is 27.5 Å². The van der Waals surface area contributed by atoms with Crippen molar-refractivity contribution in [3.63, 3.8) is 0 Å². The van der Waals surface area contributed by atoms with Gasteiger partial charge in [-0.2, -0.15) is 0 Å². The SMILES string of the molecule is CCC#CCNC(=O)COCCOC1CCC(C)SS1. The Morgan fingerprint density at radius 2 is 2.15 bits per heavy atom. The van der Waals surface area contributed by atoms with E-state index in [1.165, 1.54) is 6.42 Å². The van der Waals surface area contributed by atoms with E-state index in [2.05, 4.69) is 24.1 Å². The topological polar surface area (TPSA) is 47.6 Å². The van der Waals surface area contributed by atoms with Crippen molar-refractivity contribution in [3.8, 4) is 11.8 Å². The van der Waals surface area contributed by atoms with E-state index in [1.54, 1.807) is 10.8 Å². The Hall–Kier alpha value is -0.350. The van der Waals surface area contributed by atoms with E-state index in [4.69, 9.17) is 9.47 Å². The Morgan fingerprint density at radius 1 is 1.30 bits per heavy atom. The molecule has 114 valence electrons. The van der Waals surface area contributed by atoms with E-state index >= 15 is 0 Å². The number of carbonyl (C=O) groups is 1. The van der Waals surface area contributed by atoms with E-state index in [0.29, 0.717) is 19.8 Å². The third-order valence-corrected chi connectivity index (χ3v) is 5.80. The molecule has 0 bridgehead atoms. The minimum atomic E-state index is -0.133. The number of rotatable bonds is 7. The van der Waals surface area contributed by atoms with Crippen LogP contribution in [0.15, 0.2) is 0 Å². The fraction of sp³-hybridized carbons (Fsp3) is 0.786. The normalized spacial score (nSPS) is 21.9. The first-order chi connectivity index (χ1) is 9.72. The van der Waals surface area contributed by atoms with Crippen molar-refractivity contribution in [2.75, 3.05) is 26.4 Å². The summed E-state index contributed by atoms with van der Waals surface area (Å²) in [7, 11) is 3.68. The quantitative estimate of drug-likeness (QED) is 0.444. The standard InChI is InChI=1S/C14H23NO3S2/c1-3-4-5-8-15-13(16)11-17-9-10-18-14-7-6-12(2)19-20-14/h12,14H,3,6-11H2,1-2H3,(H,15,16). The van der Waals surface area contributed by atoms with Gasteiger partial charge < -0.3 is 14.8 Å². The van der Waals surface area contributed by atoms with Gasteiger partial charge in [0.2, 0.25) is 5.91 Å². The fourth-order valence-corrected chi connectivity index (χ4v) is 4.13. The Balaban J connectivity index is 1.92. The zero-order valence-electron chi connectivity index (χ0n) is 12.1. The van der Waals surface area contributed by atoms with Crippen LogP contribution in [0.3, 0.4) is 0 Å². The fourth-order valence-electron chi connectivity index (χ4n) is 1.52. The third-order valence-electron chi connectivity index (χ3n) is 2.58. The van der Waals surface area contributed by atoms with Gasteiger partial charge in [0.05, 0.1) is 19.8 Å². The lowest BCUT2D eigenvalue weighted by atomic mass is 10.2. The van der Waals surface area contributed by atoms with Gasteiger partial charge in [-0.3, -0.25) is 4.79 Å². The summed E-state index contributed by atoms with van der Waals surface area (Å²) in [6.45, 7) is 5.66. The van der Waals surface area contributed by atoms with Crippen molar-refractivity contribution in [2.24, 2.45) is 0 Å². The van der Waals surface area contributed by atoms with Crippen molar-refractivity contribution in [3.05, 3.63) is 0 Å². The Kier molecular flexibility index (Phi) is 10.0. The maximum Gasteiger partial charge on any atom is 0.246 e. The first-order valence-electron chi connectivity index (χ1n) is 6.96. The van der Waals surface area contributed by atoms with Gasteiger partial charge in [0, 0.05) is 11.7 Å². The van der Waals surface area contributed by atoms with Crippen molar-refractivity contribution < 1.29 is 14.3 Å². The number of ether oxygens (including phenoxy) is 2. The first-order valence-corrected chi connectivity index (χ1v) is 9.24. The van der Waals surface area contributed by atoms with E-state index in [9.17, 15) is 4.79 Å². The van der Waals surface area contributed by atoms with Gasteiger partial charge in [-0.15, -0.1) is 5.92 Å². The summed E-state index contributed by atoms with van der Waals surface area (Å²) in [5, 5.41) is 3.39. The summed E-state index contributed by atoms with van der Waals surface area (Å²) >= 11 is 0. The molecule has 1 fully saturated rings. The molecule has 1 N–H and O–H groups in total. The van der Waals surface area contributed by atoms with Crippen molar-refractivity contribution in [1.29, 1.82) is 0 Å². The maximum atomic E-state index is 11.4. The first kappa shape index (κ1) is 17.7. The minimum Gasteiger partial charge on any atom is -0.369 e. The van der Waals surface area contributed by atoms with E-state index in [-0.39, 0.29) is 18.0 Å². The predicted molar refractivity (Wildman–Crippen MR) is 85.5 cm³/mol. The molecule has 0 radical (unpaired) electrons. The zero-order valence-corrected chi connectivity index (χ0v) is 13.8. The molecule has 4 nitrogen and oxygen atoms in total. The van der Waals surface area contributed by atoms with Crippen LogP contribution in [0.5, 0.6) is 0 Å². The molecule has 1 saturated heterocycles. The lowest BCUT2D eigenvalue weighted by Gasteiger charge is -2.24. The molecule has 2 unspecified atom stereocenters. The minimum absolute atomic E-state index is 0.0702. The second-order valence-corrected chi connectivity index (χ2v) is 7.29. The van der Waals surface area contributed by atoms with Gasteiger partial charge in [0.1, 0.15) is 12.0 Å². The van der Waals surface area contributed by atoms with E-state index in [0.717, 1.165) is 18.1 Å². The van der Waals surface area contributed by atoms with Crippen molar-refractivity contribution in [1.82, 2.24) is 5.32 Å². The van der Waals surface area contributed by atoms with Crippen LogP contribution in [0.4, 0.5) is 0 Å². The third kappa shape index (κ3) is 8.75. The zero-order chi connectivity index (χ0) is 14.6. The highest BCUT2D eigenvalue weighted by Crippen LogP contribution is 2.40. The number of nitrogens with one attached hydrogen (secondary N) is 1. The highest BCUT2D eigenvalue weighted by Gasteiger charge is 2.19. The second kappa shape index (κ2) is 11.3. The molecule has 0 aromatic heterocycles. The highest BCUT2D eigenvalue weighted by molar-refractivity contribution is 8.77. The predicted octanol–water partition coefficient (Wildman–Crippen LogP) is 2.44. The van der Waals surface area contributed by atoms with Gasteiger partial charge in [-0.1, -0.05) is 41.4 Å². The Labute approximate surface area is 129 Å². The van der Waals surface area contributed by atoms with Crippen LogP contribution in [0, 0.1) is 11.8 Å². The molecule has 1 amide bonds. The van der Waals surface area contributed by atoms with Gasteiger partial charge in [0.25, 0.3) is 0 Å². The summed E-state index contributed by atoms with van der Waals surface area (Å²) in [4.78, 5) is 11.4. The van der Waals surface area contributed by atoms with Crippen LogP contribution in [0.25, 0.3) is 0 Å². The monoisotopic (exact) mass is 317 g/mol. The van der Waals surface area contributed by atoms with Crippen LogP contribution in [0.1, 0.15) is 33.1 Å². The van der Waals surface area contributed by atoms with Gasteiger partial charge >= 0.3 is 0 Å². The lowest BCUT2D eigenvalue weighted by molar-refractivity contribution is -0.126. The van der Waals surface area contributed by atoms with Gasteiger partial charge in [0.15, 0.2) is 0 Å². The van der Waals surface area contributed by atoms with Crippen LogP contribution in [-0.4, -0.2) is 43.0 Å². The molecule has 1 heterocycles. The Morgan fingerprint density at radius 3 is 2.85 bits per heavy atom. The molecule has 0 aromatic carbocycles. The van der Waals surface area contributed by atoms with Crippen LogP contribution >= 0.6 is 21.6 Å². The second-order valence-electron chi connectivity index (χ2n) is 4.42. The molecule has 0 spiro atoms. The number of hydrogen-bond donors (Lipinski definition) is 1. The largest absolute Gasteiger partial charge is 0.369 e. The summed E-state index contributed by atoms with van der Waals surface area (Å²) in [5.41, 5.74) is 0.262. The van der Waals surface area contributed by atoms with E-state index in [1.807, 2.05) is 17.7 Å².